The molecule has 1 saturated heterocycles. The van der Waals surface area contributed by atoms with Crippen LogP contribution in [0.1, 0.15) is 28.8 Å². The highest BCUT2D eigenvalue weighted by Gasteiger charge is 2.28. The largest absolute Gasteiger partial charge is 0.347 e. The first kappa shape index (κ1) is 19.1. The quantitative estimate of drug-likeness (QED) is 0.726. The van der Waals surface area contributed by atoms with Crippen molar-refractivity contribution in [3.63, 3.8) is 0 Å². The van der Waals surface area contributed by atoms with Crippen LogP contribution in [0.2, 0.25) is 0 Å². The van der Waals surface area contributed by atoms with Gasteiger partial charge in [0.1, 0.15) is 5.82 Å². The third-order valence-electron chi connectivity index (χ3n) is 5.26. The summed E-state index contributed by atoms with van der Waals surface area (Å²) in [5, 5.41) is 3.52. The summed E-state index contributed by atoms with van der Waals surface area (Å²) < 4.78 is 13.9. The molecule has 1 atom stereocenters. The summed E-state index contributed by atoms with van der Waals surface area (Å²) in [6, 6.07) is 15.8. The molecule has 2 heterocycles. The molecule has 1 aliphatic rings. The minimum Gasteiger partial charge on any atom is -0.347 e. The summed E-state index contributed by atoms with van der Waals surface area (Å²) in [5.41, 5.74) is 1.82. The number of amides is 2. The second-order valence-corrected chi connectivity index (χ2v) is 7.31. The van der Waals surface area contributed by atoms with Gasteiger partial charge in [0.15, 0.2) is 0 Å². The number of hydrogen-bond donors (Lipinski definition) is 1. The lowest BCUT2D eigenvalue weighted by Crippen LogP contribution is -2.38. The molecule has 0 saturated carbocycles. The van der Waals surface area contributed by atoms with Crippen molar-refractivity contribution in [2.45, 2.75) is 25.3 Å². The lowest BCUT2D eigenvalue weighted by atomic mass is 10.1. The van der Waals surface area contributed by atoms with E-state index in [-0.39, 0.29) is 23.4 Å². The van der Waals surface area contributed by atoms with E-state index < -0.39 is 5.82 Å². The van der Waals surface area contributed by atoms with Crippen molar-refractivity contribution in [2.75, 3.05) is 13.1 Å². The van der Waals surface area contributed by atoms with Crippen LogP contribution in [0, 0.1) is 5.82 Å². The van der Waals surface area contributed by atoms with Crippen LogP contribution in [0.5, 0.6) is 0 Å². The van der Waals surface area contributed by atoms with Crippen molar-refractivity contribution in [1.82, 2.24) is 15.2 Å². The van der Waals surface area contributed by atoms with Gasteiger partial charge in [-0.05, 0) is 36.6 Å². The van der Waals surface area contributed by atoms with Crippen molar-refractivity contribution in [3.05, 3.63) is 77.7 Å². The third kappa shape index (κ3) is 4.42. The summed E-state index contributed by atoms with van der Waals surface area (Å²) in [6.07, 6.45) is 3.42. The molecule has 2 aromatic carbocycles. The van der Waals surface area contributed by atoms with Crippen LogP contribution >= 0.6 is 0 Å². The molecular formula is C23H22FN3O2. The van der Waals surface area contributed by atoms with Gasteiger partial charge in [0.2, 0.25) is 5.91 Å². The molecule has 4 rings (SSSR count). The Morgan fingerprint density at radius 1 is 1.14 bits per heavy atom. The molecule has 2 amide bonds. The number of carbonyl (C=O) groups excluding carboxylic acids is 2. The number of hydrogen-bond acceptors (Lipinski definition) is 3. The number of pyridine rings is 1. The van der Waals surface area contributed by atoms with E-state index in [0.29, 0.717) is 43.3 Å². The van der Waals surface area contributed by atoms with Crippen LogP contribution in [0.3, 0.4) is 0 Å². The zero-order chi connectivity index (χ0) is 20.2. The fourth-order valence-electron chi connectivity index (χ4n) is 3.75. The molecule has 0 radical (unpaired) electrons. The number of rotatable bonds is 5. The Hall–Kier alpha value is -3.28. The molecule has 1 aliphatic heterocycles. The Morgan fingerprint density at radius 2 is 1.97 bits per heavy atom. The molecule has 5 nitrogen and oxygen atoms in total. The number of benzene rings is 2. The lowest BCUT2D eigenvalue weighted by molar-refractivity contribution is -0.130. The van der Waals surface area contributed by atoms with Gasteiger partial charge in [0, 0.05) is 37.1 Å². The van der Waals surface area contributed by atoms with Gasteiger partial charge in [-0.3, -0.25) is 14.6 Å². The number of likely N-dealkylation sites (tertiary alicyclic amines) is 1. The van der Waals surface area contributed by atoms with E-state index in [1.165, 1.54) is 12.1 Å². The van der Waals surface area contributed by atoms with Gasteiger partial charge in [0.25, 0.3) is 5.91 Å². The number of fused-ring (bicyclic) bond motifs is 1. The zero-order valence-electron chi connectivity index (χ0n) is 16.0. The Kier molecular flexibility index (Phi) is 5.51. The number of nitrogens with zero attached hydrogens (tertiary/aromatic N) is 2. The minimum absolute atomic E-state index is 0.0866. The van der Waals surface area contributed by atoms with Crippen molar-refractivity contribution in [3.8, 4) is 0 Å². The number of nitrogens with one attached hydrogen (secondary N) is 1. The van der Waals surface area contributed by atoms with Crippen molar-refractivity contribution in [2.24, 2.45) is 0 Å². The van der Waals surface area contributed by atoms with Gasteiger partial charge in [0.05, 0.1) is 11.1 Å². The first-order valence-corrected chi connectivity index (χ1v) is 9.77. The van der Waals surface area contributed by atoms with Crippen LogP contribution in [0.25, 0.3) is 10.9 Å². The third-order valence-corrected chi connectivity index (χ3v) is 5.26. The van der Waals surface area contributed by atoms with Crippen LogP contribution in [-0.2, 0) is 11.2 Å². The van der Waals surface area contributed by atoms with Gasteiger partial charge in [-0.25, -0.2) is 4.39 Å². The van der Waals surface area contributed by atoms with Crippen LogP contribution < -0.4 is 5.32 Å². The Morgan fingerprint density at radius 3 is 2.79 bits per heavy atom. The standard InChI is InChI=1S/C23H22FN3O2/c24-18-13-17-7-4-11-25-22(17)20(14-18)23(29)26-19-10-12-27(15-19)21(28)9-8-16-5-2-1-3-6-16/h1-7,11,13-14,19H,8-10,12,15H2,(H,26,29). The average molecular weight is 391 g/mol. The summed E-state index contributed by atoms with van der Waals surface area (Å²) in [7, 11) is 0. The number of aryl methyl sites for hydroxylation is 1. The number of carbonyl (C=O) groups is 2. The van der Waals surface area contributed by atoms with E-state index in [9.17, 15) is 14.0 Å². The highest BCUT2D eigenvalue weighted by molar-refractivity contribution is 6.05. The molecule has 29 heavy (non-hydrogen) atoms. The maximum absolute atomic E-state index is 13.9. The molecule has 0 bridgehead atoms. The lowest BCUT2D eigenvalue weighted by Gasteiger charge is -2.17. The van der Waals surface area contributed by atoms with Gasteiger partial charge in [-0.2, -0.15) is 0 Å². The zero-order valence-corrected chi connectivity index (χ0v) is 16.0. The number of aromatic nitrogens is 1. The molecule has 0 spiro atoms. The summed E-state index contributed by atoms with van der Waals surface area (Å²) in [4.78, 5) is 31.2. The smallest absolute Gasteiger partial charge is 0.253 e. The first-order chi connectivity index (χ1) is 14.1. The molecule has 1 aromatic heterocycles. The maximum Gasteiger partial charge on any atom is 0.253 e. The molecule has 0 aliphatic carbocycles. The van der Waals surface area contributed by atoms with Crippen molar-refractivity contribution >= 4 is 22.7 Å². The molecule has 1 fully saturated rings. The van der Waals surface area contributed by atoms with E-state index in [1.54, 1.807) is 23.2 Å². The fraction of sp³-hybridized carbons (Fsp3) is 0.261. The normalized spacial score (nSPS) is 16.2. The summed E-state index contributed by atoms with van der Waals surface area (Å²) in [5.74, 6) is -0.750. The molecule has 1 N–H and O–H groups in total. The van der Waals surface area contributed by atoms with Crippen molar-refractivity contribution < 1.29 is 14.0 Å². The summed E-state index contributed by atoms with van der Waals surface area (Å²) >= 11 is 0. The highest BCUT2D eigenvalue weighted by Crippen LogP contribution is 2.19. The van der Waals surface area contributed by atoms with Crippen LogP contribution in [-0.4, -0.2) is 40.8 Å². The molecular weight excluding hydrogens is 369 g/mol. The Bertz CT molecular complexity index is 1040. The molecule has 1 unspecified atom stereocenters. The fourth-order valence-corrected chi connectivity index (χ4v) is 3.75. The highest BCUT2D eigenvalue weighted by atomic mass is 19.1. The first-order valence-electron chi connectivity index (χ1n) is 9.77. The SMILES string of the molecule is O=C(NC1CCN(C(=O)CCc2ccccc2)C1)c1cc(F)cc2cccnc12. The Labute approximate surface area is 168 Å². The predicted octanol–water partition coefficient (Wildman–Crippen LogP) is 3.34. The van der Waals surface area contributed by atoms with Crippen LogP contribution in [0.4, 0.5) is 4.39 Å². The van der Waals surface area contributed by atoms with Gasteiger partial charge in [-0.1, -0.05) is 36.4 Å². The minimum atomic E-state index is -0.472. The maximum atomic E-state index is 13.9. The second kappa shape index (κ2) is 8.39. The number of halogens is 1. The van der Waals surface area contributed by atoms with E-state index in [1.807, 2.05) is 30.3 Å². The van der Waals surface area contributed by atoms with E-state index in [2.05, 4.69) is 10.3 Å². The predicted molar refractivity (Wildman–Crippen MR) is 109 cm³/mol. The molecule has 6 heteroatoms. The van der Waals surface area contributed by atoms with Gasteiger partial charge >= 0.3 is 0 Å². The Balaban J connectivity index is 1.36. The second-order valence-electron chi connectivity index (χ2n) is 7.31. The van der Waals surface area contributed by atoms with E-state index in [4.69, 9.17) is 0 Å². The molecule has 148 valence electrons. The average Bonchev–Trinajstić information content (AvgIpc) is 3.20. The topological polar surface area (TPSA) is 62.3 Å². The van der Waals surface area contributed by atoms with E-state index >= 15 is 0 Å². The molecule has 3 aromatic rings. The van der Waals surface area contributed by atoms with Gasteiger partial charge < -0.3 is 10.2 Å². The summed E-state index contributed by atoms with van der Waals surface area (Å²) in [6.45, 7) is 1.08. The van der Waals surface area contributed by atoms with Crippen LogP contribution in [0.15, 0.2) is 60.8 Å². The van der Waals surface area contributed by atoms with E-state index in [0.717, 1.165) is 5.56 Å². The van der Waals surface area contributed by atoms with Gasteiger partial charge in [-0.15, -0.1) is 0 Å². The van der Waals surface area contributed by atoms with Crippen molar-refractivity contribution in [1.29, 1.82) is 0 Å². The monoisotopic (exact) mass is 391 g/mol.